The summed E-state index contributed by atoms with van der Waals surface area (Å²) in [6.07, 6.45) is 2.55. The summed E-state index contributed by atoms with van der Waals surface area (Å²) in [6.45, 7) is 4.89. The van der Waals surface area contributed by atoms with Crippen molar-refractivity contribution >= 4 is 33.3 Å². The first kappa shape index (κ1) is 33.9. The van der Waals surface area contributed by atoms with Crippen molar-refractivity contribution in [1.82, 2.24) is 29.8 Å². The van der Waals surface area contributed by atoms with E-state index in [-0.39, 0.29) is 58.8 Å². The molecule has 2 fully saturated rings. The Morgan fingerprint density at radius 1 is 1.13 bits per heavy atom. The van der Waals surface area contributed by atoms with E-state index in [2.05, 4.69) is 39.5 Å². The van der Waals surface area contributed by atoms with Crippen molar-refractivity contribution in [2.75, 3.05) is 18.5 Å². The second-order valence-corrected chi connectivity index (χ2v) is 14.5. The molecule has 11 nitrogen and oxygen atoms in total. The summed E-state index contributed by atoms with van der Waals surface area (Å²) in [6, 6.07) is 9.11. The van der Waals surface area contributed by atoms with E-state index in [0.29, 0.717) is 18.4 Å². The fourth-order valence-corrected chi connectivity index (χ4v) is 6.65. The van der Waals surface area contributed by atoms with Crippen molar-refractivity contribution in [3.8, 4) is 11.7 Å². The highest BCUT2D eigenvalue weighted by molar-refractivity contribution is 7.90. The van der Waals surface area contributed by atoms with Crippen LogP contribution in [0.4, 0.5) is 19.0 Å². The zero-order chi connectivity index (χ0) is 33.2. The third-order valence-corrected chi connectivity index (χ3v) is 9.91. The minimum Gasteiger partial charge on any atom is -0.477 e. The van der Waals surface area contributed by atoms with Crippen LogP contribution in [0.5, 0.6) is 5.88 Å². The van der Waals surface area contributed by atoms with Crippen LogP contribution in [0.25, 0.3) is 5.82 Å². The average Bonchev–Trinajstić information content (AvgIpc) is 3.51. The molecule has 0 radical (unpaired) electrons. The summed E-state index contributed by atoms with van der Waals surface area (Å²) in [5.74, 6) is -0.360. The molecule has 3 N–H and O–H groups in total. The summed E-state index contributed by atoms with van der Waals surface area (Å²) in [4.78, 5) is 21.1. The van der Waals surface area contributed by atoms with Crippen LogP contribution in [0.1, 0.15) is 75.6 Å². The summed E-state index contributed by atoms with van der Waals surface area (Å²) in [5, 5.41) is 10.3. The van der Waals surface area contributed by atoms with Gasteiger partial charge in [-0.15, -0.1) is 5.10 Å². The normalized spacial score (nSPS) is 18.7. The second-order valence-electron chi connectivity index (χ2n) is 12.5. The molecular weight excluding hydrogens is 647 g/mol. The van der Waals surface area contributed by atoms with E-state index < -0.39 is 27.5 Å². The quantitative estimate of drug-likeness (QED) is 0.145. The number of amides is 1. The Hall–Kier alpha value is -3.43. The van der Waals surface area contributed by atoms with Crippen molar-refractivity contribution < 1.29 is 31.1 Å². The number of pyridine rings is 2. The van der Waals surface area contributed by atoms with E-state index in [9.17, 15) is 26.4 Å². The largest absolute Gasteiger partial charge is 0.477 e. The summed E-state index contributed by atoms with van der Waals surface area (Å²) in [5.41, 5.74) is -1.68. The maximum Gasteiger partial charge on any atom is 0.394 e. The van der Waals surface area contributed by atoms with Gasteiger partial charge in [0.25, 0.3) is 15.9 Å². The number of carbonyl (C=O) groups excluding carboxylic acids is 1. The minimum absolute atomic E-state index is 0.0930. The molecule has 4 heterocycles. The number of halogens is 4. The number of ether oxygens (including phenoxy) is 1. The minimum atomic E-state index is -4.34. The van der Waals surface area contributed by atoms with E-state index >= 15 is 0 Å². The van der Waals surface area contributed by atoms with E-state index in [1.54, 1.807) is 6.07 Å². The van der Waals surface area contributed by atoms with Gasteiger partial charge in [-0.05, 0) is 83.1 Å². The van der Waals surface area contributed by atoms with Crippen LogP contribution in [0.3, 0.4) is 0 Å². The number of unbranched alkanes of at least 4 members (excludes halogenated alkanes) is 1. The Morgan fingerprint density at radius 3 is 2.59 bits per heavy atom. The molecule has 1 amide bonds. The molecule has 3 aromatic rings. The Labute approximate surface area is 270 Å². The van der Waals surface area contributed by atoms with Crippen molar-refractivity contribution in [3.05, 3.63) is 53.3 Å². The SMILES string of the molecule is CC1(C)CCC(CCCCNc2cccc(S(=O)(=O)NC(=O)c3ccc(-n4ccc(OCCC5(C(F)(F)F)CC5)n4)nc3Cl)n2)N1. The van der Waals surface area contributed by atoms with Gasteiger partial charge in [0.05, 0.1) is 17.6 Å². The van der Waals surface area contributed by atoms with Gasteiger partial charge in [-0.3, -0.25) is 4.79 Å². The van der Waals surface area contributed by atoms with Crippen molar-refractivity contribution in [1.29, 1.82) is 0 Å². The zero-order valence-electron chi connectivity index (χ0n) is 25.5. The third-order valence-electron chi connectivity index (χ3n) is 8.39. The first-order valence-corrected chi connectivity index (χ1v) is 17.0. The molecule has 1 aliphatic heterocycles. The molecule has 0 spiro atoms. The molecular formula is C30H37ClF3N7O4S. The first-order valence-electron chi connectivity index (χ1n) is 15.1. The highest BCUT2D eigenvalue weighted by Crippen LogP contribution is 2.59. The van der Waals surface area contributed by atoms with Crippen LogP contribution >= 0.6 is 11.6 Å². The van der Waals surface area contributed by atoms with Gasteiger partial charge in [0.1, 0.15) is 11.0 Å². The van der Waals surface area contributed by atoms with Crippen molar-refractivity contribution in [2.24, 2.45) is 5.41 Å². The molecule has 1 saturated carbocycles. The fraction of sp³-hybridized carbons (Fsp3) is 0.533. The number of sulfonamides is 1. The molecule has 1 atom stereocenters. The van der Waals surface area contributed by atoms with Crippen molar-refractivity contribution in [3.63, 3.8) is 0 Å². The molecule has 5 rings (SSSR count). The molecule has 3 aromatic heterocycles. The molecule has 1 unspecified atom stereocenters. The maximum absolute atomic E-state index is 13.1. The lowest BCUT2D eigenvalue weighted by Gasteiger charge is -2.20. The molecule has 0 bridgehead atoms. The molecule has 46 heavy (non-hydrogen) atoms. The number of alkyl halides is 3. The van der Waals surface area contributed by atoms with E-state index in [4.69, 9.17) is 16.3 Å². The van der Waals surface area contributed by atoms with E-state index in [0.717, 1.165) is 25.7 Å². The lowest BCUT2D eigenvalue weighted by Crippen LogP contribution is -2.37. The smallest absolute Gasteiger partial charge is 0.394 e. The standard InChI is InChI=1S/C30H37ClF3N7O4S/c1-28(2)13-11-20(38-28)6-3-4-17-35-22-7-5-8-25(36-22)46(43,44)40-27(42)21-9-10-23(37-26(21)31)41-18-12-24(39-41)45-19-16-29(14-15-29)30(32,33)34/h5,7-10,12,18,20,38H,3-4,6,11,13-17,19H2,1-2H3,(H,35,36)(H,40,42). The predicted molar refractivity (Wildman–Crippen MR) is 166 cm³/mol. The summed E-state index contributed by atoms with van der Waals surface area (Å²) in [7, 11) is -4.34. The van der Waals surface area contributed by atoms with Crippen LogP contribution in [-0.4, -0.2) is 65.0 Å². The molecule has 0 aromatic carbocycles. The van der Waals surface area contributed by atoms with Crippen LogP contribution in [0.15, 0.2) is 47.6 Å². The molecule has 1 aliphatic carbocycles. The Bertz CT molecular complexity index is 1660. The summed E-state index contributed by atoms with van der Waals surface area (Å²) >= 11 is 6.23. The second kappa shape index (κ2) is 13.4. The zero-order valence-corrected chi connectivity index (χ0v) is 27.1. The Morgan fingerprint density at radius 2 is 1.91 bits per heavy atom. The maximum atomic E-state index is 13.1. The van der Waals surface area contributed by atoms with E-state index in [1.165, 1.54) is 47.6 Å². The molecule has 2 aliphatic rings. The number of rotatable bonds is 14. The highest BCUT2D eigenvalue weighted by Gasteiger charge is 2.62. The predicted octanol–water partition coefficient (Wildman–Crippen LogP) is 5.66. The lowest BCUT2D eigenvalue weighted by molar-refractivity contribution is -0.190. The molecule has 250 valence electrons. The first-order chi connectivity index (χ1) is 21.7. The van der Waals surface area contributed by atoms with Crippen molar-refractivity contribution in [2.45, 2.75) is 88.0 Å². The number of nitrogens with zero attached hydrogens (tertiary/aromatic N) is 4. The number of anilines is 1. The molecule has 16 heteroatoms. The molecule has 1 saturated heterocycles. The summed E-state index contributed by atoms with van der Waals surface area (Å²) < 4.78 is 73.9. The monoisotopic (exact) mass is 683 g/mol. The van der Waals surface area contributed by atoms with Gasteiger partial charge in [-0.2, -0.15) is 21.6 Å². The third kappa shape index (κ3) is 8.28. The van der Waals surface area contributed by atoms with Crippen LogP contribution in [-0.2, 0) is 10.0 Å². The van der Waals surface area contributed by atoms with Crippen LogP contribution < -0.4 is 20.1 Å². The van der Waals surface area contributed by atoms with Gasteiger partial charge in [0.15, 0.2) is 10.8 Å². The fourth-order valence-electron chi connectivity index (χ4n) is 5.48. The van der Waals surface area contributed by atoms with Crippen LogP contribution in [0.2, 0.25) is 5.15 Å². The van der Waals surface area contributed by atoms with E-state index in [1.807, 2.05) is 4.72 Å². The average molecular weight is 684 g/mol. The van der Waals surface area contributed by atoms with Crippen LogP contribution in [0, 0.1) is 5.41 Å². The van der Waals surface area contributed by atoms with Gasteiger partial charge in [-0.25, -0.2) is 19.4 Å². The number of hydrogen-bond acceptors (Lipinski definition) is 9. The topological polar surface area (TPSA) is 140 Å². The highest BCUT2D eigenvalue weighted by atomic mass is 35.5. The van der Waals surface area contributed by atoms with Gasteiger partial charge in [0.2, 0.25) is 5.88 Å². The number of nitrogens with one attached hydrogen (secondary N) is 3. The number of carbonyl (C=O) groups is 1. The number of hydrogen-bond donors (Lipinski definition) is 3. The van der Waals surface area contributed by atoms with Gasteiger partial charge in [0, 0.05) is 30.4 Å². The van der Waals surface area contributed by atoms with Gasteiger partial charge >= 0.3 is 6.18 Å². The lowest BCUT2D eigenvalue weighted by atomic mass is 10.0. The van der Waals surface area contributed by atoms with Gasteiger partial charge < -0.3 is 15.4 Å². The Kier molecular flexibility index (Phi) is 9.85. The van der Waals surface area contributed by atoms with Gasteiger partial charge in [-0.1, -0.05) is 24.1 Å². The number of aromatic nitrogens is 4. The Balaban J connectivity index is 1.12.